The van der Waals surface area contributed by atoms with Crippen LogP contribution in [0.3, 0.4) is 0 Å². The molecule has 0 saturated carbocycles. The Labute approximate surface area is 147 Å². The Kier molecular flexibility index (Phi) is 3.50. The van der Waals surface area contributed by atoms with Crippen LogP contribution in [-0.2, 0) is 6.54 Å². The molecule has 0 fully saturated rings. The summed E-state index contributed by atoms with van der Waals surface area (Å²) < 4.78 is 10.3. The van der Waals surface area contributed by atoms with Gasteiger partial charge in [-0.1, -0.05) is 6.07 Å². The van der Waals surface area contributed by atoms with E-state index in [2.05, 4.69) is 0 Å². The zero-order valence-electron chi connectivity index (χ0n) is 13.8. The molecule has 0 unspecified atom stereocenters. The van der Waals surface area contributed by atoms with E-state index in [0.29, 0.717) is 22.3 Å². The van der Waals surface area contributed by atoms with Crippen LogP contribution < -0.4 is 16.1 Å². The highest BCUT2D eigenvalue weighted by molar-refractivity contribution is 6.23. The van der Waals surface area contributed by atoms with E-state index in [4.69, 9.17) is 14.9 Å². The van der Waals surface area contributed by atoms with Gasteiger partial charge in [-0.15, -0.1) is 0 Å². The summed E-state index contributed by atoms with van der Waals surface area (Å²) in [4.78, 5) is 38.3. The molecule has 26 heavy (non-hydrogen) atoms. The molecule has 2 aromatic carbocycles. The Morgan fingerprint density at radius 3 is 2.62 bits per heavy atom. The van der Waals surface area contributed by atoms with Gasteiger partial charge in [0.2, 0.25) is 0 Å². The number of nitrogens with two attached hydrogens (primary N) is 1. The van der Waals surface area contributed by atoms with Crippen LogP contribution in [0.1, 0.15) is 26.3 Å². The number of carbonyl (C=O) groups excluding carboxylic acids is 2. The summed E-state index contributed by atoms with van der Waals surface area (Å²) in [6.07, 6.45) is 0. The van der Waals surface area contributed by atoms with Crippen molar-refractivity contribution in [3.05, 3.63) is 69.6 Å². The van der Waals surface area contributed by atoms with Gasteiger partial charge in [0.15, 0.2) is 0 Å². The molecular formula is C19H14N2O5. The lowest BCUT2D eigenvalue weighted by atomic mass is 10.1. The van der Waals surface area contributed by atoms with E-state index in [1.807, 2.05) is 0 Å². The first-order valence-electron chi connectivity index (χ1n) is 7.85. The van der Waals surface area contributed by atoms with E-state index in [9.17, 15) is 14.4 Å². The summed E-state index contributed by atoms with van der Waals surface area (Å²) >= 11 is 0. The molecule has 2 N–H and O–H groups in total. The standard InChI is InChI=1S/C19H14N2O5/c1-25-11-5-6-12-10(7-16(22)26-15(12)8-11)9-21-18(23)13-3-2-4-14(20)17(13)19(21)24/h2-8H,9,20H2,1H3. The van der Waals surface area contributed by atoms with Crippen LogP contribution in [0.5, 0.6) is 5.75 Å². The molecule has 1 aromatic heterocycles. The molecule has 4 rings (SSSR count). The minimum atomic E-state index is -0.572. The first-order valence-corrected chi connectivity index (χ1v) is 7.85. The van der Waals surface area contributed by atoms with Crippen LogP contribution in [0.2, 0.25) is 0 Å². The smallest absolute Gasteiger partial charge is 0.336 e. The minimum Gasteiger partial charge on any atom is -0.497 e. The fourth-order valence-corrected chi connectivity index (χ4v) is 3.14. The van der Waals surface area contributed by atoms with Crippen molar-refractivity contribution < 1.29 is 18.7 Å². The largest absolute Gasteiger partial charge is 0.497 e. The zero-order valence-corrected chi connectivity index (χ0v) is 13.8. The lowest BCUT2D eigenvalue weighted by Gasteiger charge is -2.15. The van der Waals surface area contributed by atoms with Crippen molar-refractivity contribution in [2.45, 2.75) is 6.54 Å². The number of rotatable bonds is 3. The summed E-state index contributed by atoms with van der Waals surface area (Å²) in [7, 11) is 1.51. The minimum absolute atomic E-state index is 0.0553. The number of anilines is 1. The molecule has 0 radical (unpaired) electrons. The fraction of sp³-hybridized carbons (Fsp3) is 0.105. The van der Waals surface area contributed by atoms with Crippen molar-refractivity contribution in [1.29, 1.82) is 0 Å². The number of carbonyl (C=O) groups is 2. The first-order chi connectivity index (χ1) is 12.5. The molecule has 130 valence electrons. The highest BCUT2D eigenvalue weighted by Gasteiger charge is 2.37. The number of nitrogen functional groups attached to an aromatic ring is 1. The SMILES string of the molecule is COc1ccc2c(CN3C(=O)c4cccc(N)c4C3=O)cc(=O)oc2c1. The molecule has 0 spiro atoms. The number of methoxy groups -OCH3 is 1. The molecule has 0 bridgehead atoms. The molecular weight excluding hydrogens is 336 g/mol. The third-order valence-corrected chi connectivity index (χ3v) is 4.40. The van der Waals surface area contributed by atoms with Crippen molar-refractivity contribution in [3.8, 4) is 5.75 Å². The Bertz CT molecular complexity index is 1130. The van der Waals surface area contributed by atoms with Gasteiger partial charge in [-0.25, -0.2) is 4.79 Å². The lowest BCUT2D eigenvalue weighted by molar-refractivity contribution is 0.0643. The Hall–Kier alpha value is -3.61. The summed E-state index contributed by atoms with van der Waals surface area (Å²) in [5.74, 6) is -0.378. The van der Waals surface area contributed by atoms with Crippen molar-refractivity contribution >= 4 is 28.5 Å². The van der Waals surface area contributed by atoms with Crippen molar-refractivity contribution in [2.75, 3.05) is 12.8 Å². The second-order valence-electron chi connectivity index (χ2n) is 5.92. The lowest BCUT2D eigenvalue weighted by Crippen LogP contribution is -2.29. The number of hydrogen-bond donors (Lipinski definition) is 1. The number of imide groups is 1. The quantitative estimate of drug-likeness (QED) is 0.441. The highest BCUT2D eigenvalue weighted by atomic mass is 16.5. The maximum absolute atomic E-state index is 12.7. The summed E-state index contributed by atoms with van der Waals surface area (Å²) in [5.41, 5.74) is 6.83. The molecule has 0 saturated heterocycles. The molecule has 2 amide bonds. The van der Waals surface area contributed by atoms with Gasteiger partial charge in [0.1, 0.15) is 11.3 Å². The van der Waals surface area contributed by atoms with Crippen LogP contribution in [0.25, 0.3) is 11.0 Å². The van der Waals surface area contributed by atoms with Crippen LogP contribution >= 0.6 is 0 Å². The number of ether oxygens (including phenoxy) is 1. The van der Waals surface area contributed by atoms with Crippen LogP contribution in [0.15, 0.2) is 51.7 Å². The number of amides is 2. The van der Waals surface area contributed by atoms with Gasteiger partial charge in [-0.05, 0) is 29.8 Å². The van der Waals surface area contributed by atoms with Crippen LogP contribution in [0.4, 0.5) is 5.69 Å². The average Bonchev–Trinajstić information content (AvgIpc) is 2.87. The van der Waals surface area contributed by atoms with Gasteiger partial charge in [0, 0.05) is 23.2 Å². The number of benzene rings is 2. The van der Waals surface area contributed by atoms with Crippen molar-refractivity contribution in [1.82, 2.24) is 4.90 Å². The van der Waals surface area contributed by atoms with Gasteiger partial charge in [0.25, 0.3) is 11.8 Å². The number of nitrogens with zero attached hydrogens (tertiary/aromatic N) is 1. The van der Waals surface area contributed by atoms with E-state index in [1.54, 1.807) is 36.4 Å². The van der Waals surface area contributed by atoms with Gasteiger partial charge in [-0.3, -0.25) is 14.5 Å². The topological polar surface area (TPSA) is 103 Å². The summed E-state index contributed by atoms with van der Waals surface area (Å²) in [6, 6.07) is 11.1. The van der Waals surface area contributed by atoms with E-state index in [-0.39, 0.29) is 23.4 Å². The van der Waals surface area contributed by atoms with Gasteiger partial charge in [-0.2, -0.15) is 0 Å². The molecule has 0 atom stereocenters. The third kappa shape index (κ3) is 2.33. The second-order valence-corrected chi connectivity index (χ2v) is 5.92. The van der Waals surface area contributed by atoms with Crippen LogP contribution in [0, 0.1) is 0 Å². The predicted molar refractivity (Wildman–Crippen MR) is 94.1 cm³/mol. The maximum atomic E-state index is 12.7. The van der Waals surface area contributed by atoms with E-state index >= 15 is 0 Å². The Balaban J connectivity index is 1.79. The summed E-state index contributed by atoms with van der Waals surface area (Å²) in [5, 5.41) is 0.620. The molecule has 7 nitrogen and oxygen atoms in total. The monoisotopic (exact) mass is 350 g/mol. The van der Waals surface area contributed by atoms with Gasteiger partial charge < -0.3 is 14.9 Å². The zero-order chi connectivity index (χ0) is 18.4. The predicted octanol–water partition coefficient (Wildman–Crippen LogP) is 2.18. The second kappa shape index (κ2) is 5.73. The van der Waals surface area contributed by atoms with E-state index in [1.165, 1.54) is 13.2 Å². The molecule has 1 aliphatic rings. The fourth-order valence-electron chi connectivity index (χ4n) is 3.14. The van der Waals surface area contributed by atoms with Crippen molar-refractivity contribution in [3.63, 3.8) is 0 Å². The third-order valence-electron chi connectivity index (χ3n) is 4.40. The molecule has 2 heterocycles. The van der Waals surface area contributed by atoms with Crippen molar-refractivity contribution in [2.24, 2.45) is 0 Å². The maximum Gasteiger partial charge on any atom is 0.336 e. The Morgan fingerprint density at radius 2 is 1.88 bits per heavy atom. The highest BCUT2D eigenvalue weighted by Crippen LogP contribution is 2.30. The van der Waals surface area contributed by atoms with Gasteiger partial charge >= 0.3 is 5.63 Å². The number of hydrogen-bond acceptors (Lipinski definition) is 6. The number of fused-ring (bicyclic) bond motifs is 2. The molecule has 3 aromatic rings. The van der Waals surface area contributed by atoms with E-state index in [0.717, 1.165) is 4.90 Å². The normalized spacial score (nSPS) is 13.3. The molecule has 7 heteroatoms. The van der Waals surface area contributed by atoms with Gasteiger partial charge in [0.05, 0.1) is 24.8 Å². The first kappa shape index (κ1) is 15.9. The van der Waals surface area contributed by atoms with Crippen LogP contribution in [-0.4, -0.2) is 23.8 Å². The molecule has 0 aliphatic carbocycles. The Morgan fingerprint density at radius 1 is 1.08 bits per heavy atom. The molecule has 1 aliphatic heterocycles. The summed E-state index contributed by atoms with van der Waals surface area (Å²) in [6.45, 7) is -0.0553. The average molecular weight is 350 g/mol. The van der Waals surface area contributed by atoms with E-state index < -0.39 is 17.4 Å².